The standard InChI is InChI=1S/C12H17N3/c13-12(11-6-7-14-9-11)15-8-10-4-2-1-3-5-10/h1-5,11,14H,6-9H2,(H2,13,15). The van der Waals surface area contributed by atoms with Crippen molar-refractivity contribution in [1.82, 2.24) is 5.32 Å². The summed E-state index contributed by atoms with van der Waals surface area (Å²) in [6.45, 7) is 2.74. The summed E-state index contributed by atoms with van der Waals surface area (Å²) < 4.78 is 0. The topological polar surface area (TPSA) is 50.4 Å². The molecule has 1 saturated heterocycles. The highest BCUT2D eigenvalue weighted by atomic mass is 14.9. The summed E-state index contributed by atoms with van der Waals surface area (Å²) >= 11 is 0. The number of benzene rings is 1. The van der Waals surface area contributed by atoms with Crippen LogP contribution in [0.5, 0.6) is 0 Å². The van der Waals surface area contributed by atoms with Gasteiger partial charge < -0.3 is 11.1 Å². The van der Waals surface area contributed by atoms with E-state index in [4.69, 9.17) is 5.73 Å². The summed E-state index contributed by atoms with van der Waals surface area (Å²) in [7, 11) is 0. The van der Waals surface area contributed by atoms with E-state index in [9.17, 15) is 0 Å². The minimum atomic E-state index is 0.439. The van der Waals surface area contributed by atoms with Crippen molar-refractivity contribution in [3.05, 3.63) is 35.9 Å². The van der Waals surface area contributed by atoms with Crippen molar-refractivity contribution in [2.45, 2.75) is 13.0 Å². The highest BCUT2D eigenvalue weighted by Gasteiger charge is 2.17. The molecule has 0 bridgehead atoms. The molecule has 1 aromatic carbocycles. The van der Waals surface area contributed by atoms with Crippen LogP contribution in [0.25, 0.3) is 0 Å². The van der Waals surface area contributed by atoms with Gasteiger partial charge in [0.25, 0.3) is 0 Å². The Labute approximate surface area is 90.4 Å². The first-order chi connectivity index (χ1) is 7.36. The lowest BCUT2D eigenvalue weighted by molar-refractivity contribution is 0.756. The molecule has 0 saturated carbocycles. The summed E-state index contributed by atoms with van der Waals surface area (Å²) in [5.41, 5.74) is 7.15. The summed E-state index contributed by atoms with van der Waals surface area (Å²) in [4.78, 5) is 4.43. The first kappa shape index (κ1) is 10.2. The third kappa shape index (κ3) is 2.80. The van der Waals surface area contributed by atoms with E-state index in [2.05, 4.69) is 22.4 Å². The van der Waals surface area contributed by atoms with Crippen molar-refractivity contribution in [3.8, 4) is 0 Å². The van der Waals surface area contributed by atoms with E-state index in [0.29, 0.717) is 12.5 Å². The Bertz CT molecular complexity index is 326. The number of nitrogens with one attached hydrogen (secondary N) is 1. The average Bonchev–Trinajstić information content (AvgIpc) is 2.81. The van der Waals surface area contributed by atoms with Crippen molar-refractivity contribution in [2.75, 3.05) is 13.1 Å². The molecule has 1 aromatic rings. The number of nitrogens with zero attached hydrogens (tertiary/aromatic N) is 1. The van der Waals surface area contributed by atoms with Gasteiger partial charge in [-0.2, -0.15) is 0 Å². The maximum absolute atomic E-state index is 5.94. The third-order valence-electron chi connectivity index (χ3n) is 2.77. The van der Waals surface area contributed by atoms with Gasteiger partial charge in [0.05, 0.1) is 12.4 Å². The number of amidine groups is 1. The smallest absolute Gasteiger partial charge is 0.0985 e. The van der Waals surface area contributed by atoms with Gasteiger partial charge in [0.1, 0.15) is 0 Å². The highest BCUT2D eigenvalue weighted by Crippen LogP contribution is 2.08. The second-order valence-electron chi connectivity index (χ2n) is 3.92. The molecule has 3 nitrogen and oxygen atoms in total. The van der Waals surface area contributed by atoms with Gasteiger partial charge in [0, 0.05) is 12.5 Å². The van der Waals surface area contributed by atoms with Crippen LogP contribution in [-0.2, 0) is 6.54 Å². The van der Waals surface area contributed by atoms with Gasteiger partial charge in [0.2, 0.25) is 0 Å². The van der Waals surface area contributed by atoms with Gasteiger partial charge in [-0.3, -0.25) is 4.99 Å². The molecule has 1 unspecified atom stereocenters. The molecule has 0 aliphatic carbocycles. The zero-order valence-electron chi connectivity index (χ0n) is 8.82. The Morgan fingerprint density at radius 2 is 2.20 bits per heavy atom. The largest absolute Gasteiger partial charge is 0.387 e. The predicted molar refractivity (Wildman–Crippen MR) is 62.7 cm³/mol. The second-order valence-corrected chi connectivity index (χ2v) is 3.92. The van der Waals surface area contributed by atoms with Crippen LogP contribution in [0.1, 0.15) is 12.0 Å². The second kappa shape index (κ2) is 4.94. The van der Waals surface area contributed by atoms with Crippen molar-refractivity contribution >= 4 is 5.84 Å². The van der Waals surface area contributed by atoms with Crippen LogP contribution in [0.4, 0.5) is 0 Å². The lowest BCUT2D eigenvalue weighted by Crippen LogP contribution is -2.25. The van der Waals surface area contributed by atoms with Gasteiger partial charge in [-0.1, -0.05) is 30.3 Å². The minimum Gasteiger partial charge on any atom is -0.387 e. The number of rotatable bonds is 3. The average molecular weight is 203 g/mol. The molecule has 3 heteroatoms. The van der Waals surface area contributed by atoms with E-state index in [0.717, 1.165) is 25.3 Å². The fourth-order valence-electron chi connectivity index (χ4n) is 1.80. The summed E-state index contributed by atoms with van der Waals surface area (Å²) in [6, 6.07) is 10.2. The molecule has 15 heavy (non-hydrogen) atoms. The molecule has 1 aliphatic rings. The first-order valence-electron chi connectivity index (χ1n) is 5.41. The number of nitrogens with two attached hydrogens (primary N) is 1. The normalized spacial score (nSPS) is 21.9. The van der Waals surface area contributed by atoms with Crippen LogP contribution in [0.3, 0.4) is 0 Å². The maximum atomic E-state index is 5.94. The summed E-state index contributed by atoms with van der Waals surface area (Å²) in [6.07, 6.45) is 1.12. The lowest BCUT2D eigenvalue weighted by atomic mass is 10.1. The van der Waals surface area contributed by atoms with Crippen LogP contribution in [0.2, 0.25) is 0 Å². The third-order valence-corrected chi connectivity index (χ3v) is 2.77. The van der Waals surface area contributed by atoms with Crippen LogP contribution < -0.4 is 11.1 Å². The van der Waals surface area contributed by atoms with E-state index >= 15 is 0 Å². The summed E-state index contributed by atoms with van der Waals surface area (Å²) in [5, 5.41) is 3.29. The van der Waals surface area contributed by atoms with E-state index in [1.54, 1.807) is 0 Å². The monoisotopic (exact) mass is 203 g/mol. The van der Waals surface area contributed by atoms with Gasteiger partial charge in [0.15, 0.2) is 0 Å². The van der Waals surface area contributed by atoms with Gasteiger partial charge in [-0.15, -0.1) is 0 Å². The SMILES string of the molecule is NC(=NCc1ccccc1)C1CCNC1. The zero-order valence-corrected chi connectivity index (χ0v) is 8.82. The Morgan fingerprint density at radius 3 is 2.87 bits per heavy atom. The quantitative estimate of drug-likeness (QED) is 0.572. The Balaban J connectivity index is 1.93. The Kier molecular flexibility index (Phi) is 3.35. The predicted octanol–water partition coefficient (Wildman–Crippen LogP) is 1.15. The molecule has 0 aromatic heterocycles. The molecule has 0 radical (unpaired) electrons. The molecule has 0 spiro atoms. The van der Waals surface area contributed by atoms with Crippen molar-refractivity contribution in [2.24, 2.45) is 16.6 Å². The molecular formula is C12H17N3. The van der Waals surface area contributed by atoms with E-state index < -0.39 is 0 Å². The zero-order chi connectivity index (χ0) is 10.5. The van der Waals surface area contributed by atoms with Crippen LogP contribution in [-0.4, -0.2) is 18.9 Å². The summed E-state index contributed by atoms with van der Waals surface area (Å²) in [5.74, 6) is 1.23. The lowest BCUT2D eigenvalue weighted by Gasteiger charge is -2.07. The molecule has 1 fully saturated rings. The number of aliphatic imine (C=N–C) groups is 1. The fourth-order valence-corrected chi connectivity index (χ4v) is 1.80. The fraction of sp³-hybridized carbons (Fsp3) is 0.417. The highest BCUT2D eigenvalue weighted by molar-refractivity contribution is 5.83. The Morgan fingerprint density at radius 1 is 1.40 bits per heavy atom. The van der Waals surface area contributed by atoms with E-state index in [1.807, 2.05) is 18.2 Å². The van der Waals surface area contributed by atoms with E-state index in [1.165, 1.54) is 5.56 Å². The minimum absolute atomic E-state index is 0.439. The molecule has 3 N–H and O–H groups in total. The van der Waals surface area contributed by atoms with E-state index in [-0.39, 0.29) is 0 Å². The van der Waals surface area contributed by atoms with Crippen molar-refractivity contribution in [1.29, 1.82) is 0 Å². The van der Waals surface area contributed by atoms with Crippen molar-refractivity contribution in [3.63, 3.8) is 0 Å². The molecular weight excluding hydrogens is 186 g/mol. The van der Waals surface area contributed by atoms with Crippen LogP contribution in [0.15, 0.2) is 35.3 Å². The van der Waals surface area contributed by atoms with Gasteiger partial charge in [-0.25, -0.2) is 0 Å². The molecule has 1 atom stereocenters. The number of hydrogen-bond donors (Lipinski definition) is 2. The Hall–Kier alpha value is -1.35. The van der Waals surface area contributed by atoms with Crippen LogP contribution >= 0.6 is 0 Å². The molecule has 80 valence electrons. The first-order valence-corrected chi connectivity index (χ1v) is 5.41. The molecule has 1 heterocycles. The van der Waals surface area contributed by atoms with Gasteiger partial charge >= 0.3 is 0 Å². The molecule has 1 aliphatic heterocycles. The molecule has 2 rings (SSSR count). The molecule has 0 amide bonds. The number of hydrogen-bond acceptors (Lipinski definition) is 2. The van der Waals surface area contributed by atoms with Gasteiger partial charge in [-0.05, 0) is 18.5 Å². The van der Waals surface area contributed by atoms with Crippen LogP contribution in [0, 0.1) is 5.92 Å². The maximum Gasteiger partial charge on any atom is 0.0985 e. The van der Waals surface area contributed by atoms with Crippen molar-refractivity contribution < 1.29 is 0 Å².